The van der Waals surface area contributed by atoms with Gasteiger partial charge in [-0.3, -0.25) is 5.32 Å². The van der Waals surface area contributed by atoms with E-state index in [1.54, 1.807) is 12.3 Å². The highest BCUT2D eigenvalue weighted by Gasteiger charge is 2.16. The summed E-state index contributed by atoms with van der Waals surface area (Å²) in [5, 5.41) is 5.82. The number of halogens is 1. The normalized spacial score (nSPS) is 11.2. The third kappa shape index (κ3) is 4.21. The molecule has 0 aliphatic carbocycles. The van der Waals surface area contributed by atoms with Gasteiger partial charge >= 0.3 is 6.09 Å². The average Bonchev–Trinajstić information content (AvgIpc) is 2.74. The molecule has 6 heteroatoms. The Bertz CT molecular complexity index is 620. The first-order valence-electron chi connectivity index (χ1n) is 6.04. The Morgan fingerprint density at radius 3 is 2.75 bits per heavy atom. The van der Waals surface area contributed by atoms with Gasteiger partial charge in [0, 0.05) is 11.6 Å². The highest BCUT2D eigenvalue weighted by atomic mass is 35.5. The van der Waals surface area contributed by atoms with Gasteiger partial charge in [0.15, 0.2) is 0 Å². The molecule has 1 N–H and O–H groups in total. The molecular weight excluding hydrogens is 296 g/mol. The van der Waals surface area contributed by atoms with Crippen LogP contribution in [0.4, 0.5) is 9.80 Å². The molecule has 0 aliphatic rings. The number of carbonyl (C=O) groups excluding carboxylic acids is 1. The van der Waals surface area contributed by atoms with Crippen LogP contribution in [0.3, 0.4) is 0 Å². The number of aromatic nitrogens is 1. The van der Waals surface area contributed by atoms with Crippen LogP contribution in [-0.4, -0.2) is 16.7 Å². The SMILES string of the molecule is CC(C)(C)OC(=O)Nc1cc(-c2ccnc(Cl)c2)cs1. The van der Waals surface area contributed by atoms with E-state index >= 15 is 0 Å². The Morgan fingerprint density at radius 2 is 2.10 bits per heavy atom. The minimum absolute atomic E-state index is 0.440. The number of pyridine rings is 1. The molecule has 1 amide bonds. The Balaban J connectivity index is 2.08. The van der Waals surface area contributed by atoms with E-state index in [1.807, 2.05) is 38.3 Å². The predicted octanol–water partition coefficient (Wildman–Crippen LogP) is 4.81. The van der Waals surface area contributed by atoms with Gasteiger partial charge in [-0.1, -0.05) is 11.6 Å². The number of ether oxygens (including phenoxy) is 1. The largest absolute Gasteiger partial charge is 0.444 e. The maximum Gasteiger partial charge on any atom is 0.412 e. The Morgan fingerprint density at radius 1 is 1.35 bits per heavy atom. The second-order valence-corrected chi connectivity index (χ2v) is 6.49. The highest BCUT2D eigenvalue weighted by Crippen LogP contribution is 2.30. The summed E-state index contributed by atoms with van der Waals surface area (Å²) in [5.41, 5.74) is 1.42. The van der Waals surface area contributed by atoms with Gasteiger partial charge in [-0.05, 0) is 50.1 Å². The van der Waals surface area contributed by atoms with Gasteiger partial charge in [-0.25, -0.2) is 9.78 Å². The smallest absolute Gasteiger partial charge is 0.412 e. The molecule has 0 spiro atoms. The summed E-state index contributed by atoms with van der Waals surface area (Å²) >= 11 is 7.29. The lowest BCUT2D eigenvalue weighted by Crippen LogP contribution is -2.26. The van der Waals surface area contributed by atoms with Crippen molar-refractivity contribution in [3.05, 3.63) is 34.9 Å². The van der Waals surface area contributed by atoms with Gasteiger partial charge in [0.2, 0.25) is 0 Å². The third-order valence-corrected chi connectivity index (χ3v) is 3.34. The maximum absolute atomic E-state index is 11.7. The third-order valence-electron chi connectivity index (χ3n) is 2.28. The fourth-order valence-corrected chi connectivity index (χ4v) is 2.51. The molecule has 4 nitrogen and oxygen atoms in total. The van der Waals surface area contributed by atoms with E-state index < -0.39 is 11.7 Å². The van der Waals surface area contributed by atoms with Gasteiger partial charge in [0.1, 0.15) is 10.8 Å². The molecular formula is C14H15ClN2O2S. The van der Waals surface area contributed by atoms with E-state index in [-0.39, 0.29) is 0 Å². The summed E-state index contributed by atoms with van der Waals surface area (Å²) in [7, 11) is 0. The van der Waals surface area contributed by atoms with Crippen molar-refractivity contribution in [2.45, 2.75) is 26.4 Å². The summed E-state index contributed by atoms with van der Waals surface area (Å²) < 4.78 is 5.20. The van der Waals surface area contributed by atoms with Gasteiger partial charge < -0.3 is 4.74 Å². The first-order chi connectivity index (χ1) is 9.33. The van der Waals surface area contributed by atoms with E-state index in [0.717, 1.165) is 16.1 Å². The van der Waals surface area contributed by atoms with Gasteiger partial charge in [-0.15, -0.1) is 11.3 Å². The number of anilines is 1. The molecule has 106 valence electrons. The zero-order chi connectivity index (χ0) is 14.8. The molecule has 0 bridgehead atoms. The lowest BCUT2D eigenvalue weighted by molar-refractivity contribution is 0.0636. The van der Waals surface area contributed by atoms with E-state index in [1.165, 1.54) is 11.3 Å². The van der Waals surface area contributed by atoms with E-state index in [4.69, 9.17) is 16.3 Å². The molecule has 20 heavy (non-hydrogen) atoms. The Kier molecular flexibility index (Phi) is 4.30. The van der Waals surface area contributed by atoms with Gasteiger partial charge in [-0.2, -0.15) is 0 Å². The quantitative estimate of drug-likeness (QED) is 0.810. The van der Waals surface area contributed by atoms with Crippen molar-refractivity contribution in [3.63, 3.8) is 0 Å². The molecule has 2 rings (SSSR count). The van der Waals surface area contributed by atoms with Crippen molar-refractivity contribution < 1.29 is 9.53 Å². The standard InChI is InChI=1S/C14H15ClN2O2S/c1-14(2,3)19-13(18)17-12-7-10(8-20-12)9-4-5-16-11(15)6-9/h4-8H,1-3H3,(H,17,18). The van der Waals surface area contributed by atoms with Crippen LogP contribution in [0.15, 0.2) is 29.8 Å². The number of carbonyl (C=O) groups is 1. The zero-order valence-electron chi connectivity index (χ0n) is 11.4. The molecule has 0 saturated heterocycles. The van der Waals surface area contributed by atoms with Crippen LogP contribution in [-0.2, 0) is 4.74 Å². The molecule has 2 aromatic rings. The molecule has 0 saturated carbocycles. The fraction of sp³-hybridized carbons (Fsp3) is 0.286. The van der Waals surface area contributed by atoms with Crippen molar-refractivity contribution in [2.24, 2.45) is 0 Å². The lowest BCUT2D eigenvalue weighted by atomic mass is 10.1. The van der Waals surface area contributed by atoms with E-state index in [0.29, 0.717) is 5.15 Å². The summed E-state index contributed by atoms with van der Waals surface area (Å²) in [5.74, 6) is 0. The molecule has 2 aromatic heterocycles. The second-order valence-electron chi connectivity index (χ2n) is 5.19. The van der Waals surface area contributed by atoms with E-state index in [9.17, 15) is 4.79 Å². The van der Waals surface area contributed by atoms with Crippen LogP contribution in [0, 0.1) is 0 Å². The molecule has 2 heterocycles. The van der Waals surface area contributed by atoms with Crippen LogP contribution < -0.4 is 5.32 Å². The maximum atomic E-state index is 11.7. The van der Waals surface area contributed by atoms with Crippen molar-refractivity contribution in [2.75, 3.05) is 5.32 Å². The van der Waals surface area contributed by atoms with Gasteiger partial charge in [0.25, 0.3) is 0 Å². The van der Waals surface area contributed by atoms with Gasteiger partial charge in [0.05, 0.1) is 5.00 Å². The van der Waals surface area contributed by atoms with Crippen molar-refractivity contribution in [1.29, 1.82) is 0 Å². The minimum atomic E-state index is -0.511. The van der Waals surface area contributed by atoms with Crippen LogP contribution in [0.1, 0.15) is 20.8 Å². The first-order valence-corrected chi connectivity index (χ1v) is 7.30. The summed E-state index contributed by atoms with van der Waals surface area (Å²) in [6, 6.07) is 5.52. The fourth-order valence-electron chi connectivity index (χ4n) is 1.54. The number of nitrogens with one attached hydrogen (secondary N) is 1. The summed E-state index contributed by atoms with van der Waals surface area (Å²) in [6.45, 7) is 5.47. The number of hydrogen-bond acceptors (Lipinski definition) is 4. The average molecular weight is 311 g/mol. The number of amides is 1. The number of hydrogen-bond donors (Lipinski definition) is 1. The monoisotopic (exact) mass is 310 g/mol. The molecule has 0 aromatic carbocycles. The van der Waals surface area contributed by atoms with Crippen molar-refractivity contribution in [1.82, 2.24) is 4.98 Å². The van der Waals surface area contributed by atoms with Crippen LogP contribution >= 0.6 is 22.9 Å². The topological polar surface area (TPSA) is 51.2 Å². The molecule has 0 radical (unpaired) electrons. The number of nitrogens with zero attached hydrogens (tertiary/aromatic N) is 1. The first kappa shape index (κ1) is 14.8. The molecule has 0 fully saturated rings. The lowest BCUT2D eigenvalue weighted by Gasteiger charge is -2.19. The number of thiophene rings is 1. The molecule has 0 aliphatic heterocycles. The summed E-state index contributed by atoms with van der Waals surface area (Å²) in [4.78, 5) is 15.6. The van der Waals surface area contributed by atoms with E-state index in [2.05, 4.69) is 10.3 Å². The van der Waals surface area contributed by atoms with Crippen molar-refractivity contribution in [3.8, 4) is 11.1 Å². The zero-order valence-corrected chi connectivity index (χ0v) is 13.0. The van der Waals surface area contributed by atoms with Crippen LogP contribution in [0.5, 0.6) is 0 Å². The van der Waals surface area contributed by atoms with Crippen molar-refractivity contribution >= 4 is 34.0 Å². The highest BCUT2D eigenvalue weighted by molar-refractivity contribution is 7.14. The second kappa shape index (κ2) is 5.81. The Hall–Kier alpha value is -1.59. The molecule has 0 unspecified atom stereocenters. The summed E-state index contributed by atoms with van der Waals surface area (Å²) in [6.07, 6.45) is 1.19. The number of rotatable bonds is 2. The van der Waals surface area contributed by atoms with Crippen LogP contribution in [0.25, 0.3) is 11.1 Å². The minimum Gasteiger partial charge on any atom is -0.444 e. The van der Waals surface area contributed by atoms with Crippen LogP contribution in [0.2, 0.25) is 5.15 Å². The Labute approximate surface area is 126 Å². The molecule has 0 atom stereocenters. The predicted molar refractivity (Wildman–Crippen MR) is 82.4 cm³/mol.